The van der Waals surface area contributed by atoms with Gasteiger partial charge in [0.1, 0.15) is 17.5 Å². The Labute approximate surface area is 251 Å². The second kappa shape index (κ2) is 11.7. The van der Waals surface area contributed by atoms with E-state index in [0.29, 0.717) is 34.1 Å². The van der Waals surface area contributed by atoms with E-state index >= 15 is 4.39 Å². The fraction of sp³-hybridized carbons (Fsp3) is 0.182. The van der Waals surface area contributed by atoms with E-state index in [1.54, 1.807) is 49.5 Å². The minimum absolute atomic E-state index is 0.0321. The van der Waals surface area contributed by atoms with Crippen LogP contribution in [0.3, 0.4) is 0 Å². The lowest BCUT2D eigenvalue weighted by Crippen LogP contribution is -2.23. The highest BCUT2D eigenvalue weighted by Crippen LogP contribution is 2.41. The third-order valence-electron chi connectivity index (χ3n) is 7.64. The molecule has 3 aromatic carbocycles. The van der Waals surface area contributed by atoms with Gasteiger partial charge in [-0.15, -0.1) is 0 Å². The molecule has 0 unspecified atom stereocenters. The molecule has 0 spiro atoms. The lowest BCUT2D eigenvalue weighted by atomic mass is 10.0. The van der Waals surface area contributed by atoms with E-state index in [1.165, 1.54) is 33.8 Å². The summed E-state index contributed by atoms with van der Waals surface area (Å²) >= 11 is 0. The first-order chi connectivity index (χ1) is 21.3. The molecule has 11 heteroatoms. The Morgan fingerprint density at radius 2 is 1.93 bits per heavy atom. The van der Waals surface area contributed by atoms with E-state index in [4.69, 9.17) is 0 Å². The number of carbonyl (C=O) groups is 1. The standard InChI is InChI=1S/C33H29FN6O4/c1-3-29(42)35-15-19-6-4-7-22(12-19)37-31-33(44)39(2)16-27(38-31)23-8-5-9-28(24(23)17-41)40-18-36-26-14-21(20-10-11-20)13-25(34)30(26)32(40)43/h3-9,12-14,16,18,20,41H,1,10-11,15,17H2,2H3,(H,35,42)(H,37,38). The molecule has 0 bridgehead atoms. The van der Waals surface area contributed by atoms with Crippen molar-refractivity contribution < 1.29 is 14.3 Å². The van der Waals surface area contributed by atoms with E-state index < -0.39 is 23.5 Å². The molecule has 6 rings (SSSR count). The van der Waals surface area contributed by atoms with Gasteiger partial charge < -0.3 is 20.3 Å². The molecule has 0 radical (unpaired) electrons. The van der Waals surface area contributed by atoms with E-state index in [9.17, 15) is 19.5 Å². The molecule has 1 amide bonds. The highest BCUT2D eigenvalue weighted by atomic mass is 19.1. The van der Waals surface area contributed by atoms with Crippen LogP contribution in [0.2, 0.25) is 0 Å². The van der Waals surface area contributed by atoms with Gasteiger partial charge in [-0.2, -0.15) is 0 Å². The molecule has 222 valence electrons. The number of aromatic nitrogens is 4. The number of rotatable bonds is 9. The predicted octanol–water partition coefficient (Wildman–Crippen LogP) is 4.20. The van der Waals surface area contributed by atoms with Gasteiger partial charge >= 0.3 is 0 Å². The number of aliphatic hydroxyl groups is 1. The third-order valence-corrected chi connectivity index (χ3v) is 7.64. The number of hydrogen-bond donors (Lipinski definition) is 3. The van der Waals surface area contributed by atoms with Crippen LogP contribution in [0.5, 0.6) is 0 Å². The van der Waals surface area contributed by atoms with Crippen molar-refractivity contribution in [2.24, 2.45) is 7.05 Å². The SMILES string of the molecule is C=CC(=O)NCc1cccc(Nc2nc(-c3cccc(-n4cnc5cc(C6CC6)cc(F)c5c4=O)c3CO)cn(C)c2=O)c1. The molecular formula is C33H29FN6O4. The van der Waals surface area contributed by atoms with Gasteiger partial charge in [0, 0.05) is 36.6 Å². The first-order valence-electron chi connectivity index (χ1n) is 14.1. The Hall–Kier alpha value is -5.42. The Kier molecular flexibility index (Phi) is 7.62. The third kappa shape index (κ3) is 5.52. The van der Waals surface area contributed by atoms with Crippen LogP contribution in [0.4, 0.5) is 15.9 Å². The van der Waals surface area contributed by atoms with Gasteiger partial charge in [-0.05, 0) is 66.3 Å². The number of nitrogens with one attached hydrogen (secondary N) is 2. The molecule has 44 heavy (non-hydrogen) atoms. The van der Waals surface area contributed by atoms with E-state index in [-0.39, 0.29) is 29.2 Å². The Morgan fingerprint density at radius 1 is 1.14 bits per heavy atom. The van der Waals surface area contributed by atoms with Crippen molar-refractivity contribution in [2.45, 2.75) is 31.9 Å². The van der Waals surface area contributed by atoms with Crippen LogP contribution in [-0.4, -0.2) is 30.1 Å². The molecule has 2 aromatic heterocycles. The van der Waals surface area contributed by atoms with E-state index in [1.807, 2.05) is 6.07 Å². The van der Waals surface area contributed by atoms with Gasteiger partial charge in [0.25, 0.3) is 11.1 Å². The summed E-state index contributed by atoms with van der Waals surface area (Å²) in [4.78, 5) is 47.1. The number of halogens is 1. The smallest absolute Gasteiger partial charge is 0.293 e. The maximum absolute atomic E-state index is 15.2. The fourth-order valence-corrected chi connectivity index (χ4v) is 5.22. The maximum Gasteiger partial charge on any atom is 0.293 e. The number of aryl methyl sites for hydroxylation is 1. The molecule has 10 nitrogen and oxygen atoms in total. The van der Waals surface area contributed by atoms with Crippen molar-refractivity contribution >= 4 is 28.3 Å². The number of fused-ring (bicyclic) bond motifs is 1. The minimum atomic E-state index is -0.624. The number of carbonyl (C=O) groups excluding carboxylic acids is 1. The first-order valence-corrected chi connectivity index (χ1v) is 14.1. The number of hydrogen-bond acceptors (Lipinski definition) is 7. The lowest BCUT2D eigenvalue weighted by molar-refractivity contribution is -0.116. The molecule has 1 aliphatic carbocycles. The van der Waals surface area contributed by atoms with Crippen LogP contribution in [0.1, 0.15) is 35.4 Å². The normalized spacial score (nSPS) is 12.7. The summed E-state index contributed by atoms with van der Waals surface area (Å²) in [5.41, 5.74) is 3.01. The molecule has 0 saturated heterocycles. The molecule has 0 aliphatic heterocycles. The fourth-order valence-electron chi connectivity index (χ4n) is 5.22. The summed E-state index contributed by atoms with van der Waals surface area (Å²) in [5.74, 6) is -0.591. The predicted molar refractivity (Wildman–Crippen MR) is 165 cm³/mol. The van der Waals surface area contributed by atoms with E-state index in [0.717, 1.165) is 24.0 Å². The number of nitrogens with zero attached hydrogens (tertiary/aromatic N) is 4. The van der Waals surface area contributed by atoms with Gasteiger partial charge in [0.2, 0.25) is 5.91 Å². The Bertz CT molecular complexity index is 2060. The molecule has 2 heterocycles. The van der Waals surface area contributed by atoms with Crippen molar-refractivity contribution in [1.82, 2.24) is 24.4 Å². The zero-order chi connectivity index (χ0) is 31.0. The van der Waals surface area contributed by atoms with Crippen LogP contribution in [0.15, 0.2) is 89.4 Å². The number of amides is 1. The Balaban J connectivity index is 1.39. The van der Waals surface area contributed by atoms with Gasteiger partial charge in [0.15, 0.2) is 5.82 Å². The maximum atomic E-state index is 15.2. The van der Waals surface area contributed by atoms with Gasteiger partial charge in [-0.3, -0.25) is 19.0 Å². The summed E-state index contributed by atoms with van der Waals surface area (Å²) < 4.78 is 17.8. The first kappa shape index (κ1) is 28.7. The molecular weight excluding hydrogens is 563 g/mol. The van der Waals surface area contributed by atoms with Crippen LogP contribution >= 0.6 is 0 Å². The van der Waals surface area contributed by atoms with Crippen molar-refractivity contribution in [1.29, 1.82) is 0 Å². The van der Waals surface area contributed by atoms with Gasteiger partial charge in [0.05, 0.1) is 23.5 Å². The summed E-state index contributed by atoms with van der Waals surface area (Å²) in [5, 5.41) is 16.1. The molecule has 3 N–H and O–H groups in total. The number of aliphatic hydroxyl groups excluding tert-OH is 1. The quantitative estimate of drug-likeness (QED) is 0.219. The average molecular weight is 593 g/mol. The van der Waals surface area contributed by atoms with Crippen LogP contribution in [0, 0.1) is 5.82 Å². The minimum Gasteiger partial charge on any atom is -0.392 e. The molecule has 1 fully saturated rings. The number of benzene rings is 3. The molecule has 1 saturated carbocycles. The second-order valence-corrected chi connectivity index (χ2v) is 10.7. The summed E-state index contributed by atoms with van der Waals surface area (Å²) in [6, 6.07) is 15.4. The van der Waals surface area contributed by atoms with Gasteiger partial charge in [-0.1, -0.05) is 30.8 Å². The van der Waals surface area contributed by atoms with Crippen molar-refractivity contribution in [3.8, 4) is 16.9 Å². The highest BCUT2D eigenvalue weighted by Gasteiger charge is 2.26. The summed E-state index contributed by atoms with van der Waals surface area (Å²) in [6.07, 6.45) is 6.05. The number of anilines is 2. The molecule has 0 atom stereocenters. The Morgan fingerprint density at radius 3 is 2.68 bits per heavy atom. The zero-order valence-corrected chi connectivity index (χ0v) is 23.9. The van der Waals surface area contributed by atoms with Crippen molar-refractivity contribution in [2.75, 3.05) is 5.32 Å². The largest absolute Gasteiger partial charge is 0.392 e. The highest BCUT2D eigenvalue weighted by molar-refractivity contribution is 5.86. The monoisotopic (exact) mass is 592 g/mol. The summed E-state index contributed by atoms with van der Waals surface area (Å²) in [7, 11) is 1.58. The zero-order valence-electron chi connectivity index (χ0n) is 23.9. The lowest BCUT2D eigenvalue weighted by Gasteiger charge is -2.16. The van der Waals surface area contributed by atoms with Crippen LogP contribution in [0.25, 0.3) is 27.8 Å². The van der Waals surface area contributed by atoms with Crippen molar-refractivity contribution in [3.63, 3.8) is 0 Å². The van der Waals surface area contributed by atoms with Crippen LogP contribution < -0.4 is 21.8 Å². The average Bonchev–Trinajstić information content (AvgIpc) is 3.88. The van der Waals surface area contributed by atoms with Crippen molar-refractivity contribution in [3.05, 3.63) is 123 Å². The second-order valence-electron chi connectivity index (χ2n) is 10.7. The van der Waals surface area contributed by atoms with E-state index in [2.05, 4.69) is 27.2 Å². The van der Waals surface area contributed by atoms with Crippen LogP contribution in [-0.2, 0) is 25.0 Å². The molecule has 1 aliphatic rings. The topological polar surface area (TPSA) is 131 Å². The van der Waals surface area contributed by atoms with Gasteiger partial charge in [-0.25, -0.2) is 14.4 Å². The molecule has 5 aromatic rings. The summed E-state index contributed by atoms with van der Waals surface area (Å²) in [6.45, 7) is 3.25.